The van der Waals surface area contributed by atoms with Crippen molar-refractivity contribution in [1.29, 1.82) is 0 Å². The van der Waals surface area contributed by atoms with Crippen LogP contribution in [0, 0.1) is 6.92 Å². The van der Waals surface area contributed by atoms with Gasteiger partial charge in [-0.05, 0) is 57.2 Å². The summed E-state index contributed by atoms with van der Waals surface area (Å²) in [4.78, 5) is 11.0. The molecule has 6 heteroatoms. The van der Waals surface area contributed by atoms with E-state index in [2.05, 4.69) is 52.3 Å². The van der Waals surface area contributed by atoms with Crippen molar-refractivity contribution in [3.8, 4) is 0 Å². The van der Waals surface area contributed by atoms with Gasteiger partial charge in [-0.25, -0.2) is 0 Å². The second kappa shape index (κ2) is 10.9. The van der Waals surface area contributed by atoms with E-state index >= 15 is 0 Å². The number of likely N-dealkylation sites (tertiary alicyclic amines) is 1. The van der Waals surface area contributed by atoms with Crippen molar-refractivity contribution >= 4 is 29.9 Å². The lowest BCUT2D eigenvalue weighted by Gasteiger charge is -2.35. The first-order valence-electron chi connectivity index (χ1n) is 8.71. The molecule has 0 aromatic carbocycles. The molecule has 1 aromatic rings. The van der Waals surface area contributed by atoms with Crippen molar-refractivity contribution in [3.05, 3.63) is 29.6 Å². The van der Waals surface area contributed by atoms with Crippen LogP contribution in [0.4, 0.5) is 0 Å². The number of hydrogen-bond acceptors (Lipinski definition) is 3. The van der Waals surface area contributed by atoms with Crippen LogP contribution in [-0.4, -0.2) is 54.6 Å². The fourth-order valence-corrected chi connectivity index (χ4v) is 3.05. The summed E-state index contributed by atoms with van der Waals surface area (Å²) in [5, 5.41) is 7.00. The maximum atomic E-state index is 4.36. The average molecular weight is 445 g/mol. The zero-order valence-electron chi connectivity index (χ0n) is 15.4. The predicted octanol–water partition coefficient (Wildman–Crippen LogP) is 2.59. The molecule has 2 heterocycles. The van der Waals surface area contributed by atoms with Crippen molar-refractivity contribution < 1.29 is 0 Å². The summed E-state index contributed by atoms with van der Waals surface area (Å²) in [5.41, 5.74) is 2.59. The number of aliphatic imine (C=N–C) groups is 1. The van der Waals surface area contributed by atoms with E-state index in [0.717, 1.165) is 18.9 Å². The van der Waals surface area contributed by atoms with Crippen molar-refractivity contribution in [2.24, 2.45) is 4.99 Å². The molecule has 24 heavy (non-hydrogen) atoms. The number of hydrogen-bond donors (Lipinski definition) is 2. The maximum absolute atomic E-state index is 4.36. The van der Waals surface area contributed by atoms with E-state index in [9.17, 15) is 0 Å². The average Bonchev–Trinajstić information content (AvgIpc) is 2.56. The van der Waals surface area contributed by atoms with Crippen LogP contribution < -0.4 is 10.6 Å². The first-order chi connectivity index (χ1) is 11.1. The Morgan fingerprint density at radius 3 is 2.67 bits per heavy atom. The number of aromatic nitrogens is 1. The van der Waals surface area contributed by atoms with Crippen LogP contribution in [0.25, 0.3) is 0 Å². The Bertz CT molecular complexity index is 510. The van der Waals surface area contributed by atoms with Gasteiger partial charge in [0.2, 0.25) is 0 Å². The SMILES string of the molecule is CN=C(NCCc1ccncc1C)NC1CCN(C(C)C)CC1.I. The van der Waals surface area contributed by atoms with Crippen LogP contribution in [0.5, 0.6) is 0 Å². The fourth-order valence-electron chi connectivity index (χ4n) is 3.05. The molecule has 2 rings (SSSR count). The number of pyridine rings is 1. The number of guanidine groups is 1. The van der Waals surface area contributed by atoms with Gasteiger partial charge in [0.15, 0.2) is 5.96 Å². The second-order valence-electron chi connectivity index (χ2n) is 6.60. The first kappa shape index (κ1) is 21.2. The molecule has 2 N–H and O–H groups in total. The normalized spacial score (nSPS) is 16.8. The Labute approximate surface area is 163 Å². The van der Waals surface area contributed by atoms with Crippen LogP contribution in [0.1, 0.15) is 37.8 Å². The van der Waals surface area contributed by atoms with Gasteiger partial charge in [0.05, 0.1) is 0 Å². The standard InChI is InChI=1S/C18H31N5.HI/c1-14(2)23-11-7-17(8-12-23)22-18(19-4)21-10-6-16-5-9-20-13-15(16)3;/h5,9,13-14,17H,6-8,10-12H2,1-4H3,(H2,19,21,22);1H. The molecule has 1 aliphatic rings. The number of piperidine rings is 1. The summed E-state index contributed by atoms with van der Waals surface area (Å²) in [6.07, 6.45) is 7.13. The molecular weight excluding hydrogens is 413 g/mol. The summed E-state index contributed by atoms with van der Waals surface area (Å²) in [7, 11) is 1.84. The molecule has 0 amide bonds. The van der Waals surface area contributed by atoms with Crippen molar-refractivity contribution in [1.82, 2.24) is 20.5 Å². The highest BCUT2D eigenvalue weighted by atomic mass is 127. The zero-order valence-corrected chi connectivity index (χ0v) is 17.7. The molecule has 0 aliphatic carbocycles. The van der Waals surface area contributed by atoms with Crippen molar-refractivity contribution in [2.45, 2.75) is 52.1 Å². The number of halogens is 1. The molecule has 0 spiro atoms. The first-order valence-corrected chi connectivity index (χ1v) is 8.71. The van der Waals surface area contributed by atoms with E-state index in [4.69, 9.17) is 0 Å². The lowest BCUT2D eigenvalue weighted by atomic mass is 10.0. The highest BCUT2D eigenvalue weighted by Gasteiger charge is 2.21. The quantitative estimate of drug-likeness (QED) is 0.416. The van der Waals surface area contributed by atoms with Gasteiger partial charge in [-0.1, -0.05) is 0 Å². The molecule has 1 aliphatic heterocycles. The van der Waals surface area contributed by atoms with Crippen molar-refractivity contribution in [3.63, 3.8) is 0 Å². The molecule has 0 saturated carbocycles. The highest BCUT2D eigenvalue weighted by molar-refractivity contribution is 14.0. The summed E-state index contributed by atoms with van der Waals surface area (Å²) < 4.78 is 0. The van der Waals surface area contributed by atoms with Crippen LogP contribution in [0.15, 0.2) is 23.5 Å². The topological polar surface area (TPSA) is 52.6 Å². The smallest absolute Gasteiger partial charge is 0.191 e. The number of aryl methyl sites for hydroxylation is 1. The highest BCUT2D eigenvalue weighted by Crippen LogP contribution is 2.12. The molecular formula is C18H32IN5. The van der Waals surface area contributed by atoms with Gasteiger partial charge < -0.3 is 15.5 Å². The number of rotatable bonds is 5. The molecule has 0 atom stereocenters. The van der Waals surface area contributed by atoms with E-state index in [1.54, 1.807) is 0 Å². The summed E-state index contributed by atoms with van der Waals surface area (Å²) >= 11 is 0. The molecule has 0 unspecified atom stereocenters. The fraction of sp³-hybridized carbons (Fsp3) is 0.667. The van der Waals surface area contributed by atoms with Gasteiger partial charge >= 0.3 is 0 Å². The second-order valence-corrected chi connectivity index (χ2v) is 6.60. The van der Waals surface area contributed by atoms with Gasteiger partial charge in [-0.2, -0.15) is 0 Å². The van der Waals surface area contributed by atoms with Crippen molar-refractivity contribution in [2.75, 3.05) is 26.7 Å². The molecule has 1 fully saturated rings. The van der Waals surface area contributed by atoms with E-state index in [1.807, 2.05) is 19.4 Å². The lowest BCUT2D eigenvalue weighted by Crippen LogP contribution is -2.50. The third kappa shape index (κ3) is 6.55. The zero-order chi connectivity index (χ0) is 16.7. The third-order valence-electron chi connectivity index (χ3n) is 4.65. The molecule has 1 aromatic heterocycles. The van der Waals surface area contributed by atoms with Crippen LogP contribution >= 0.6 is 24.0 Å². The van der Waals surface area contributed by atoms with Crippen LogP contribution in [0.3, 0.4) is 0 Å². The minimum atomic E-state index is 0. The van der Waals surface area contributed by atoms with Gasteiger partial charge in [-0.15, -0.1) is 24.0 Å². The van der Waals surface area contributed by atoms with Crippen LogP contribution in [0.2, 0.25) is 0 Å². The Balaban J connectivity index is 0.00000288. The van der Waals surface area contributed by atoms with Gasteiger partial charge in [0.1, 0.15) is 0 Å². The Morgan fingerprint density at radius 2 is 2.08 bits per heavy atom. The van der Waals surface area contributed by atoms with E-state index in [1.165, 1.54) is 37.1 Å². The Hall–Kier alpha value is -0.890. The molecule has 0 bridgehead atoms. The molecule has 5 nitrogen and oxygen atoms in total. The summed E-state index contributed by atoms with van der Waals surface area (Å²) in [6.45, 7) is 9.88. The van der Waals surface area contributed by atoms with E-state index in [0.29, 0.717) is 12.1 Å². The van der Waals surface area contributed by atoms with Crippen LogP contribution in [-0.2, 0) is 6.42 Å². The molecule has 136 valence electrons. The minimum Gasteiger partial charge on any atom is -0.356 e. The Kier molecular flexibility index (Phi) is 9.58. The largest absolute Gasteiger partial charge is 0.356 e. The number of nitrogens with one attached hydrogen (secondary N) is 2. The van der Waals surface area contributed by atoms with Gasteiger partial charge in [0.25, 0.3) is 0 Å². The molecule has 1 saturated heterocycles. The molecule has 0 radical (unpaired) electrons. The lowest BCUT2D eigenvalue weighted by molar-refractivity contribution is 0.167. The summed E-state index contributed by atoms with van der Waals surface area (Å²) in [5.74, 6) is 0.916. The summed E-state index contributed by atoms with van der Waals surface area (Å²) in [6, 6.07) is 3.27. The monoisotopic (exact) mass is 445 g/mol. The predicted molar refractivity (Wildman–Crippen MR) is 112 cm³/mol. The maximum Gasteiger partial charge on any atom is 0.191 e. The third-order valence-corrected chi connectivity index (χ3v) is 4.65. The van der Waals surface area contributed by atoms with Gasteiger partial charge in [-0.3, -0.25) is 9.98 Å². The van der Waals surface area contributed by atoms with Gasteiger partial charge in [0, 0.05) is 51.2 Å². The van der Waals surface area contributed by atoms with E-state index < -0.39 is 0 Å². The Morgan fingerprint density at radius 1 is 1.38 bits per heavy atom. The number of nitrogens with zero attached hydrogens (tertiary/aromatic N) is 3. The minimum absolute atomic E-state index is 0. The van der Waals surface area contributed by atoms with E-state index in [-0.39, 0.29) is 24.0 Å².